The average Bonchev–Trinajstić information content (AvgIpc) is 3.05. The van der Waals surface area contributed by atoms with Crippen molar-refractivity contribution in [3.63, 3.8) is 0 Å². The van der Waals surface area contributed by atoms with Crippen molar-refractivity contribution >= 4 is 34.7 Å². The highest BCUT2D eigenvalue weighted by Crippen LogP contribution is 2.24. The van der Waals surface area contributed by atoms with E-state index in [9.17, 15) is 9.59 Å². The van der Waals surface area contributed by atoms with Crippen molar-refractivity contribution in [3.8, 4) is 5.75 Å². The molecule has 0 atom stereocenters. The van der Waals surface area contributed by atoms with Gasteiger partial charge in [0.25, 0.3) is 5.91 Å². The zero-order valence-corrected chi connectivity index (χ0v) is 14.9. The van der Waals surface area contributed by atoms with E-state index < -0.39 is 5.97 Å². The van der Waals surface area contributed by atoms with E-state index in [1.807, 2.05) is 0 Å². The summed E-state index contributed by atoms with van der Waals surface area (Å²) >= 11 is 5.97. The number of nitrogens with one attached hydrogen (secondary N) is 1. The lowest BCUT2D eigenvalue weighted by atomic mass is 10.1. The molecule has 0 unspecified atom stereocenters. The highest BCUT2D eigenvalue weighted by Gasteiger charge is 2.16. The minimum atomic E-state index is -0.470. The second-order valence-electron chi connectivity index (χ2n) is 5.32. The van der Waals surface area contributed by atoms with Crippen LogP contribution >= 0.6 is 11.6 Å². The number of halogens is 1. The van der Waals surface area contributed by atoms with Gasteiger partial charge in [-0.1, -0.05) is 11.6 Å². The van der Waals surface area contributed by atoms with E-state index in [1.54, 1.807) is 37.4 Å². The molecule has 1 amide bonds. The van der Waals surface area contributed by atoms with Gasteiger partial charge in [-0.25, -0.2) is 9.31 Å². The summed E-state index contributed by atoms with van der Waals surface area (Å²) in [6.45, 7) is 1.99. The van der Waals surface area contributed by atoms with Crippen LogP contribution in [0, 0.1) is 0 Å². The maximum Gasteiger partial charge on any atom is 0.341 e. The Labute approximate surface area is 154 Å². The van der Waals surface area contributed by atoms with Crippen molar-refractivity contribution in [2.75, 3.05) is 19.0 Å². The lowest BCUT2D eigenvalue weighted by Crippen LogP contribution is -2.13. The molecular weight excluding hydrogens is 358 g/mol. The Hall–Kier alpha value is -3.06. The average molecular weight is 374 g/mol. The van der Waals surface area contributed by atoms with Gasteiger partial charge in [0.1, 0.15) is 11.3 Å². The van der Waals surface area contributed by atoms with Crippen LogP contribution in [0.3, 0.4) is 0 Å². The zero-order chi connectivity index (χ0) is 18.7. The van der Waals surface area contributed by atoms with E-state index >= 15 is 0 Å². The molecule has 1 aromatic carbocycles. The predicted octanol–water partition coefficient (Wildman–Crippen LogP) is 3.43. The van der Waals surface area contributed by atoms with E-state index in [0.29, 0.717) is 33.1 Å². The first kappa shape index (κ1) is 17.8. The van der Waals surface area contributed by atoms with E-state index in [-0.39, 0.29) is 12.5 Å². The number of carbonyl (C=O) groups is 2. The molecule has 8 heteroatoms. The number of aromatic nitrogens is 2. The summed E-state index contributed by atoms with van der Waals surface area (Å²) in [5.74, 6) is -0.446. The predicted molar refractivity (Wildman–Crippen MR) is 97.1 cm³/mol. The molecule has 0 fully saturated rings. The molecule has 0 radical (unpaired) electrons. The van der Waals surface area contributed by atoms with Crippen molar-refractivity contribution in [2.45, 2.75) is 6.92 Å². The van der Waals surface area contributed by atoms with Gasteiger partial charge in [-0.15, -0.1) is 0 Å². The Bertz CT molecular complexity index is 984. The summed E-state index contributed by atoms with van der Waals surface area (Å²) in [6, 6.07) is 8.10. The van der Waals surface area contributed by atoms with E-state index in [0.717, 1.165) is 0 Å². The lowest BCUT2D eigenvalue weighted by molar-refractivity contribution is 0.0528. The number of nitrogens with zero attached hydrogens (tertiary/aromatic N) is 2. The van der Waals surface area contributed by atoms with Crippen molar-refractivity contribution in [1.82, 2.24) is 9.61 Å². The van der Waals surface area contributed by atoms with Crippen LogP contribution in [-0.2, 0) is 4.74 Å². The van der Waals surface area contributed by atoms with Crippen molar-refractivity contribution in [2.24, 2.45) is 0 Å². The molecule has 0 aliphatic rings. The first-order valence-electron chi connectivity index (χ1n) is 7.83. The molecule has 26 heavy (non-hydrogen) atoms. The number of ether oxygens (including phenoxy) is 2. The number of hydrogen-bond acceptors (Lipinski definition) is 5. The van der Waals surface area contributed by atoms with E-state index in [2.05, 4.69) is 10.4 Å². The summed E-state index contributed by atoms with van der Waals surface area (Å²) in [5.41, 5.74) is 1.65. The smallest absolute Gasteiger partial charge is 0.341 e. The Morgan fingerprint density at radius 2 is 2.04 bits per heavy atom. The van der Waals surface area contributed by atoms with Crippen molar-refractivity contribution in [1.29, 1.82) is 0 Å². The number of methoxy groups -OCH3 is 1. The summed E-state index contributed by atoms with van der Waals surface area (Å²) in [5, 5.41) is 7.30. The molecule has 3 rings (SSSR count). The third kappa shape index (κ3) is 3.48. The molecule has 2 heterocycles. The first-order chi connectivity index (χ1) is 12.5. The molecule has 134 valence electrons. The molecule has 1 N–H and O–H groups in total. The van der Waals surface area contributed by atoms with Crippen LogP contribution in [0.4, 0.5) is 5.69 Å². The number of benzene rings is 1. The molecule has 7 nitrogen and oxygen atoms in total. The SMILES string of the molecule is CCOC(=O)c1cnn2ccc(NC(=O)c3cc(Cl)ccc3OC)cc12. The number of rotatable bonds is 5. The molecule has 0 aliphatic carbocycles. The maximum absolute atomic E-state index is 12.6. The summed E-state index contributed by atoms with van der Waals surface area (Å²) in [6.07, 6.45) is 3.07. The summed E-state index contributed by atoms with van der Waals surface area (Å²) < 4.78 is 11.7. The maximum atomic E-state index is 12.6. The van der Waals surface area contributed by atoms with E-state index in [1.165, 1.54) is 23.9 Å². The van der Waals surface area contributed by atoms with Gasteiger partial charge in [-0.05, 0) is 37.3 Å². The molecule has 0 bridgehead atoms. The van der Waals surface area contributed by atoms with Crippen LogP contribution in [0.1, 0.15) is 27.6 Å². The molecule has 3 aromatic rings. The van der Waals surface area contributed by atoms with Gasteiger partial charge in [-0.2, -0.15) is 5.10 Å². The number of amides is 1. The largest absolute Gasteiger partial charge is 0.496 e. The highest BCUT2D eigenvalue weighted by molar-refractivity contribution is 6.31. The minimum Gasteiger partial charge on any atom is -0.496 e. The topological polar surface area (TPSA) is 81.9 Å². The van der Waals surface area contributed by atoms with Crippen molar-refractivity contribution < 1.29 is 19.1 Å². The van der Waals surface area contributed by atoms with Gasteiger partial charge in [0, 0.05) is 16.9 Å². The van der Waals surface area contributed by atoms with Gasteiger partial charge in [0.2, 0.25) is 0 Å². The normalized spacial score (nSPS) is 10.6. The fraction of sp³-hybridized carbons (Fsp3) is 0.167. The second kappa shape index (κ2) is 7.45. The number of hydrogen-bond donors (Lipinski definition) is 1. The Balaban J connectivity index is 1.92. The van der Waals surface area contributed by atoms with Crippen LogP contribution in [0.15, 0.2) is 42.7 Å². The van der Waals surface area contributed by atoms with Gasteiger partial charge in [0.15, 0.2) is 0 Å². The standard InChI is InChI=1S/C18H16ClN3O4/c1-3-26-18(24)14-10-20-22-7-6-12(9-15(14)22)21-17(23)13-8-11(19)4-5-16(13)25-2/h4-10H,3H2,1-2H3,(H,21,23). The van der Waals surface area contributed by atoms with Crippen LogP contribution in [-0.4, -0.2) is 35.2 Å². The van der Waals surface area contributed by atoms with Gasteiger partial charge in [-0.3, -0.25) is 4.79 Å². The quantitative estimate of drug-likeness (QED) is 0.693. The fourth-order valence-corrected chi connectivity index (χ4v) is 2.65. The molecule has 0 saturated carbocycles. The third-order valence-electron chi connectivity index (χ3n) is 3.68. The van der Waals surface area contributed by atoms with Crippen LogP contribution < -0.4 is 10.1 Å². The van der Waals surface area contributed by atoms with Crippen LogP contribution in [0.2, 0.25) is 5.02 Å². The molecular formula is C18H16ClN3O4. The minimum absolute atomic E-state index is 0.265. The Morgan fingerprint density at radius 3 is 2.77 bits per heavy atom. The van der Waals surface area contributed by atoms with Gasteiger partial charge >= 0.3 is 5.97 Å². The number of fused-ring (bicyclic) bond motifs is 1. The van der Waals surface area contributed by atoms with Crippen molar-refractivity contribution in [3.05, 3.63) is 58.9 Å². The monoisotopic (exact) mass is 373 g/mol. The zero-order valence-electron chi connectivity index (χ0n) is 14.2. The van der Waals surface area contributed by atoms with Gasteiger partial charge < -0.3 is 14.8 Å². The number of anilines is 1. The molecule has 0 spiro atoms. The molecule has 0 saturated heterocycles. The van der Waals surface area contributed by atoms with Gasteiger partial charge in [0.05, 0.1) is 31.0 Å². The Morgan fingerprint density at radius 1 is 1.23 bits per heavy atom. The Kier molecular flexibility index (Phi) is 5.09. The fourth-order valence-electron chi connectivity index (χ4n) is 2.48. The number of pyridine rings is 1. The first-order valence-corrected chi connectivity index (χ1v) is 8.20. The van der Waals surface area contributed by atoms with Crippen LogP contribution in [0.25, 0.3) is 5.52 Å². The second-order valence-corrected chi connectivity index (χ2v) is 5.76. The van der Waals surface area contributed by atoms with Crippen LogP contribution in [0.5, 0.6) is 5.75 Å². The summed E-state index contributed by atoms with van der Waals surface area (Å²) in [7, 11) is 1.48. The molecule has 0 aliphatic heterocycles. The third-order valence-corrected chi connectivity index (χ3v) is 3.92. The summed E-state index contributed by atoms with van der Waals surface area (Å²) in [4.78, 5) is 24.6. The number of esters is 1. The lowest BCUT2D eigenvalue weighted by Gasteiger charge is -2.10. The number of carbonyl (C=O) groups excluding carboxylic acids is 2. The molecule has 2 aromatic heterocycles. The highest BCUT2D eigenvalue weighted by atomic mass is 35.5. The van der Waals surface area contributed by atoms with E-state index in [4.69, 9.17) is 21.1 Å².